The standard InChI is InChI=1S/C18H32N2O/c1-5-8-9-15(7-3)13-17(20-11-6-2)16-10-12-19-14-18(16)21-4/h10,12,14-15,17,20H,5-9,11,13H2,1-4H3. The van der Waals surface area contributed by atoms with Crippen molar-refractivity contribution in [2.45, 2.75) is 65.3 Å². The van der Waals surface area contributed by atoms with Crippen molar-refractivity contribution < 1.29 is 4.74 Å². The minimum atomic E-state index is 0.365. The molecular formula is C18H32N2O. The van der Waals surface area contributed by atoms with E-state index < -0.39 is 0 Å². The predicted molar refractivity (Wildman–Crippen MR) is 89.7 cm³/mol. The van der Waals surface area contributed by atoms with Crippen LogP contribution in [0.25, 0.3) is 0 Å². The normalized spacial score (nSPS) is 13.9. The third-order valence-electron chi connectivity index (χ3n) is 4.16. The molecule has 2 unspecified atom stereocenters. The number of hydrogen-bond donors (Lipinski definition) is 1. The number of methoxy groups -OCH3 is 1. The maximum atomic E-state index is 5.50. The molecule has 21 heavy (non-hydrogen) atoms. The van der Waals surface area contributed by atoms with Crippen LogP contribution in [-0.2, 0) is 0 Å². The molecular weight excluding hydrogens is 260 g/mol. The maximum Gasteiger partial charge on any atom is 0.141 e. The minimum Gasteiger partial charge on any atom is -0.495 e. The molecule has 0 radical (unpaired) electrons. The van der Waals surface area contributed by atoms with E-state index in [2.05, 4.69) is 37.1 Å². The van der Waals surface area contributed by atoms with Gasteiger partial charge in [-0.05, 0) is 31.4 Å². The van der Waals surface area contributed by atoms with Gasteiger partial charge in [-0.1, -0.05) is 46.5 Å². The Morgan fingerprint density at radius 1 is 1.24 bits per heavy atom. The van der Waals surface area contributed by atoms with E-state index in [4.69, 9.17) is 4.74 Å². The van der Waals surface area contributed by atoms with Crippen LogP contribution >= 0.6 is 0 Å². The fraction of sp³-hybridized carbons (Fsp3) is 0.722. The van der Waals surface area contributed by atoms with Gasteiger partial charge in [-0.2, -0.15) is 0 Å². The summed E-state index contributed by atoms with van der Waals surface area (Å²) in [4.78, 5) is 4.17. The average molecular weight is 292 g/mol. The number of unbranched alkanes of at least 4 members (excludes halogenated alkanes) is 1. The predicted octanol–water partition coefficient (Wildman–Crippen LogP) is 4.74. The molecule has 0 aliphatic heterocycles. The zero-order valence-electron chi connectivity index (χ0n) is 14.2. The van der Waals surface area contributed by atoms with Crippen molar-refractivity contribution in [3.8, 4) is 5.75 Å². The van der Waals surface area contributed by atoms with Crippen molar-refractivity contribution >= 4 is 0 Å². The monoisotopic (exact) mass is 292 g/mol. The molecule has 0 aliphatic carbocycles. The van der Waals surface area contributed by atoms with Crippen molar-refractivity contribution in [3.05, 3.63) is 24.0 Å². The van der Waals surface area contributed by atoms with Gasteiger partial charge in [0.15, 0.2) is 0 Å². The summed E-state index contributed by atoms with van der Waals surface area (Å²) in [5.74, 6) is 1.67. The highest BCUT2D eigenvalue weighted by molar-refractivity contribution is 5.32. The number of rotatable bonds is 11. The van der Waals surface area contributed by atoms with Gasteiger partial charge in [0.1, 0.15) is 5.75 Å². The zero-order chi connectivity index (χ0) is 15.5. The van der Waals surface area contributed by atoms with E-state index in [0.717, 1.165) is 24.6 Å². The fourth-order valence-corrected chi connectivity index (χ4v) is 2.80. The zero-order valence-corrected chi connectivity index (χ0v) is 14.2. The molecule has 1 rings (SSSR count). The molecule has 3 heteroatoms. The molecule has 0 saturated carbocycles. The highest BCUT2D eigenvalue weighted by atomic mass is 16.5. The highest BCUT2D eigenvalue weighted by Gasteiger charge is 2.19. The quantitative estimate of drug-likeness (QED) is 0.640. The second-order valence-corrected chi connectivity index (χ2v) is 5.78. The summed E-state index contributed by atoms with van der Waals surface area (Å²) in [6.45, 7) is 7.83. The van der Waals surface area contributed by atoms with E-state index in [1.807, 2.05) is 12.4 Å². The highest BCUT2D eigenvalue weighted by Crippen LogP contribution is 2.31. The number of ether oxygens (including phenoxy) is 1. The first-order chi connectivity index (χ1) is 10.3. The largest absolute Gasteiger partial charge is 0.495 e. The summed E-state index contributed by atoms with van der Waals surface area (Å²) < 4.78 is 5.50. The minimum absolute atomic E-state index is 0.365. The van der Waals surface area contributed by atoms with E-state index in [-0.39, 0.29) is 0 Å². The summed E-state index contributed by atoms with van der Waals surface area (Å²) in [6, 6.07) is 2.46. The molecule has 0 fully saturated rings. The van der Waals surface area contributed by atoms with Crippen LogP contribution in [0.1, 0.15) is 70.9 Å². The van der Waals surface area contributed by atoms with Crippen LogP contribution in [0, 0.1) is 5.92 Å². The van der Waals surface area contributed by atoms with E-state index in [1.54, 1.807) is 7.11 Å². The maximum absolute atomic E-state index is 5.50. The Morgan fingerprint density at radius 3 is 2.67 bits per heavy atom. The molecule has 0 aliphatic rings. The molecule has 0 spiro atoms. The van der Waals surface area contributed by atoms with Crippen molar-refractivity contribution in [2.75, 3.05) is 13.7 Å². The molecule has 2 atom stereocenters. The number of pyridine rings is 1. The summed E-state index contributed by atoms with van der Waals surface area (Å²) in [5.41, 5.74) is 1.25. The fourth-order valence-electron chi connectivity index (χ4n) is 2.80. The second-order valence-electron chi connectivity index (χ2n) is 5.78. The molecule has 120 valence electrons. The molecule has 1 heterocycles. The lowest BCUT2D eigenvalue weighted by atomic mass is 9.89. The van der Waals surface area contributed by atoms with Gasteiger partial charge in [0, 0.05) is 17.8 Å². The third kappa shape index (κ3) is 6.04. The Morgan fingerprint density at radius 2 is 2.05 bits per heavy atom. The van der Waals surface area contributed by atoms with Crippen molar-refractivity contribution in [3.63, 3.8) is 0 Å². The SMILES string of the molecule is CCCCC(CC)CC(NCCC)c1ccncc1OC. The topological polar surface area (TPSA) is 34.2 Å². The van der Waals surface area contributed by atoms with Crippen molar-refractivity contribution in [1.82, 2.24) is 10.3 Å². The lowest BCUT2D eigenvalue weighted by Crippen LogP contribution is -2.25. The number of aromatic nitrogens is 1. The third-order valence-corrected chi connectivity index (χ3v) is 4.16. The Bertz CT molecular complexity index is 381. The molecule has 1 N–H and O–H groups in total. The molecule has 1 aromatic rings. The number of hydrogen-bond acceptors (Lipinski definition) is 3. The Labute approximate surface area is 130 Å². The smallest absolute Gasteiger partial charge is 0.141 e. The molecule has 0 saturated heterocycles. The molecule has 0 amide bonds. The Kier molecular flexibility index (Phi) is 9.07. The van der Waals surface area contributed by atoms with Gasteiger partial charge in [0.25, 0.3) is 0 Å². The number of nitrogens with zero attached hydrogens (tertiary/aromatic N) is 1. The Balaban J connectivity index is 2.83. The summed E-state index contributed by atoms with van der Waals surface area (Å²) >= 11 is 0. The van der Waals surface area contributed by atoms with Crippen LogP contribution in [0.2, 0.25) is 0 Å². The molecule has 0 bridgehead atoms. The van der Waals surface area contributed by atoms with Gasteiger partial charge in [0.2, 0.25) is 0 Å². The van der Waals surface area contributed by atoms with E-state index in [9.17, 15) is 0 Å². The van der Waals surface area contributed by atoms with Crippen LogP contribution in [0.3, 0.4) is 0 Å². The summed E-state index contributed by atoms with van der Waals surface area (Å²) in [6.07, 6.45) is 11.2. The average Bonchev–Trinajstić information content (AvgIpc) is 2.54. The summed E-state index contributed by atoms with van der Waals surface area (Å²) in [5, 5.41) is 3.69. The molecule has 1 aromatic heterocycles. The molecule has 3 nitrogen and oxygen atoms in total. The van der Waals surface area contributed by atoms with Crippen LogP contribution in [0.15, 0.2) is 18.5 Å². The number of nitrogens with one attached hydrogen (secondary N) is 1. The van der Waals surface area contributed by atoms with Crippen LogP contribution in [0.5, 0.6) is 5.75 Å². The van der Waals surface area contributed by atoms with Gasteiger partial charge in [-0.15, -0.1) is 0 Å². The second kappa shape index (κ2) is 10.6. The van der Waals surface area contributed by atoms with Crippen LogP contribution in [0.4, 0.5) is 0 Å². The molecule has 0 aromatic carbocycles. The van der Waals surface area contributed by atoms with E-state index in [1.165, 1.54) is 37.7 Å². The van der Waals surface area contributed by atoms with Crippen molar-refractivity contribution in [1.29, 1.82) is 0 Å². The lowest BCUT2D eigenvalue weighted by Gasteiger charge is -2.25. The van der Waals surface area contributed by atoms with Gasteiger partial charge in [-0.25, -0.2) is 0 Å². The lowest BCUT2D eigenvalue weighted by molar-refractivity contribution is 0.340. The van der Waals surface area contributed by atoms with Crippen LogP contribution < -0.4 is 10.1 Å². The summed E-state index contributed by atoms with van der Waals surface area (Å²) in [7, 11) is 1.73. The van der Waals surface area contributed by atoms with E-state index >= 15 is 0 Å². The Hall–Kier alpha value is -1.09. The van der Waals surface area contributed by atoms with E-state index in [0.29, 0.717) is 6.04 Å². The van der Waals surface area contributed by atoms with Gasteiger partial charge >= 0.3 is 0 Å². The first-order valence-corrected chi connectivity index (χ1v) is 8.47. The van der Waals surface area contributed by atoms with Gasteiger partial charge < -0.3 is 10.1 Å². The van der Waals surface area contributed by atoms with Crippen LogP contribution in [-0.4, -0.2) is 18.6 Å². The van der Waals surface area contributed by atoms with Gasteiger partial charge in [-0.3, -0.25) is 4.98 Å². The first-order valence-electron chi connectivity index (χ1n) is 8.47. The van der Waals surface area contributed by atoms with Gasteiger partial charge in [0.05, 0.1) is 13.3 Å². The first kappa shape index (κ1) is 18.0. The van der Waals surface area contributed by atoms with Crippen molar-refractivity contribution in [2.24, 2.45) is 5.92 Å².